The highest BCUT2D eigenvalue weighted by Gasteiger charge is 2.23. The maximum absolute atomic E-state index is 10.1. The van der Waals surface area contributed by atoms with Gasteiger partial charge in [-0.15, -0.1) is 0 Å². The number of hydrogen-bond acceptors (Lipinski definition) is 3. The summed E-state index contributed by atoms with van der Waals surface area (Å²) in [5, 5.41) is 10.1. The summed E-state index contributed by atoms with van der Waals surface area (Å²) in [7, 11) is 3.98. The molecule has 1 N–H and O–H groups in total. The number of aliphatic hydroxyl groups excluding tert-OH is 1. The molecule has 0 radical (unpaired) electrons. The summed E-state index contributed by atoms with van der Waals surface area (Å²) in [5.41, 5.74) is 1.19. The van der Waals surface area contributed by atoms with E-state index in [2.05, 4.69) is 11.1 Å². The average Bonchev–Trinajstić information content (AvgIpc) is 2.54. The van der Waals surface area contributed by atoms with E-state index in [-0.39, 0.29) is 12.0 Å². The largest absolute Gasteiger partial charge is 0.392 e. The molecule has 17 heavy (non-hydrogen) atoms. The Morgan fingerprint density at radius 2 is 1.94 bits per heavy atom. The van der Waals surface area contributed by atoms with Gasteiger partial charge in [0.05, 0.1) is 6.10 Å². The first kappa shape index (κ1) is 12.4. The molecule has 3 heteroatoms. The average molecular weight is 234 g/mol. The van der Waals surface area contributed by atoms with E-state index in [1.165, 1.54) is 18.4 Å². The van der Waals surface area contributed by atoms with Crippen molar-refractivity contribution >= 4 is 5.82 Å². The van der Waals surface area contributed by atoms with Crippen LogP contribution in [0.2, 0.25) is 0 Å². The minimum Gasteiger partial charge on any atom is -0.392 e. The summed E-state index contributed by atoms with van der Waals surface area (Å²) in [6, 6.07) is 4.15. The number of anilines is 1. The molecule has 0 bridgehead atoms. The normalized spacial score (nSPS) is 25.4. The van der Waals surface area contributed by atoms with E-state index < -0.39 is 0 Å². The molecule has 0 saturated heterocycles. The van der Waals surface area contributed by atoms with Crippen molar-refractivity contribution in [1.29, 1.82) is 0 Å². The number of aliphatic hydroxyl groups is 1. The highest BCUT2D eigenvalue weighted by Crippen LogP contribution is 2.32. The van der Waals surface area contributed by atoms with E-state index in [4.69, 9.17) is 0 Å². The van der Waals surface area contributed by atoms with Gasteiger partial charge in [-0.2, -0.15) is 0 Å². The van der Waals surface area contributed by atoms with Crippen LogP contribution in [-0.2, 0) is 0 Å². The second-order valence-corrected chi connectivity index (χ2v) is 5.16. The fourth-order valence-electron chi connectivity index (χ4n) is 2.56. The molecule has 0 aromatic carbocycles. The lowest BCUT2D eigenvalue weighted by atomic mass is 9.90. The lowest BCUT2D eigenvalue weighted by molar-refractivity contribution is 0.135. The van der Waals surface area contributed by atoms with Crippen LogP contribution in [0, 0.1) is 0 Å². The molecule has 2 unspecified atom stereocenters. The fraction of sp³-hybridized carbons (Fsp3) is 0.643. The molecule has 1 aliphatic carbocycles. The Bertz CT molecular complexity index is 348. The molecule has 0 amide bonds. The van der Waals surface area contributed by atoms with Gasteiger partial charge < -0.3 is 10.0 Å². The summed E-state index contributed by atoms with van der Waals surface area (Å²) < 4.78 is 0. The summed E-state index contributed by atoms with van der Waals surface area (Å²) in [6.45, 7) is 0. The zero-order valence-electron chi connectivity index (χ0n) is 10.8. The predicted octanol–water partition coefficient (Wildman–Crippen LogP) is 2.56. The van der Waals surface area contributed by atoms with Crippen molar-refractivity contribution in [2.45, 2.75) is 44.1 Å². The molecule has 0 aliphatic heterocycles. The van der Waals surface area contributed by atoms with Gasteiger partial charge in [-0.25, -0.2) is 4.98 Å². The maximum Gasteiger partial charge on any atom is 0.127 e. The zero-order chi connectivity index (χ0) is 12.3. The second-order valence-electron chi connectivity index (χ2n) is 5.16. The minimum absolute atomic E-state index is 0.190. The smallest absolute Gasteiger partial charge is 0.127 e. The van der Waals surface area contributed by atoms with E-state index in [1.807, 2.05) is 31.3 Å². The number of nitrogens with zero attached hydrogens (tertiary/aromatic N) is 2. The summed E-state index contributed by atoms with van der Waals surface area (Å²) in [5.74, 6) is 1.25. The van der Waals surface area contributed by atoms with Crippen molar-refractivity contribution in [3.63, 3.8) is 0 Å². The number of aromatic nitrogens is 1. The van der Waals surface area contributed by atoms with Crippen LogP contribution in [0.5, 0.6) is 0 Å². The van der Waals surface area contributed by atoms with Crippen molar-refractivity contribution in [1.82, 2.24) is 4.98 Å². The third-order valence-electron chi connectivity index (χ3n) is 3.64. The molecule has 0 spiro atoms. The zero-order valence-corrected chi connectivity index (χ0v) is 10.8. The van der Waals surface area contributed by atoms with Crippen LogP contribution < -0.4 is 4.90 Å². The van der Waals surface area contributed by atoms with Gasteiger partial charge in [-0.05, 0) is 24.5 Å². The van der Waals surface area contributed by atoms with Gasteiger partial charge in [0, 0.05) is 26.2 Å². The first-order valence-corrected chi connectivity index (χ1v) is 6.50. The van der Waals surface area contributed by atoms with Gasteiger partial charge >= 0.3 is 0 Å². The molecule has 1 heterocycles. The van der Waals surface area contributed by atoms with Gasteiger partial charge in [0.2, 0.25) is 0 Å². The van der Waals surface area contributed by atoms with Crippen LogP contribution in [0.4, 0.5) is 5.82 Å². The molecule has 1 aliphatic rings. The Hall–Kier alpha value is -1.09. The van der Waals surface area contributed by atoms with Gasteiger partial charge in [-0.3, -0.25) is 0 Å². The van der Waals surface area contributed by atoms with Crippen molar-refractivity contribution in [2.75, 3.05) is 19.0 Å². The molecule has 1 aromatic heterocycles. The van der Waals surface area contributed by atoms with Gasteiger partial charge in [0.1, 0.15) is 5.82 Å². The second kappa shape index (κ2) is 5.50. The topological polar surface area (TPSA) is 36.4 Å². The van der Waals surface area contributed by atoms with Gasteiger partial charge in [0.25, 0.3) is 0 Å². The Balaban J connectivity index is 2.14. The van der Waals surface area contributed by atoms with Gasteiger partial charge in [0.15, 0.2) is 0 Å². The van der Waals surface area contributed by atoms with Crippen LogP contribution in [0.25, 0.3) is 0 Å². The molecule has 1 aromatic rings. The van der Waals surface area contributed by atoms with Crippen LogP contribution in [0.1, 0.15) is 43.6 Å². The van der Waals surface area contributed by atoms with E-state index in [1.54, 1.807) is 0 Å². The van der Waals surface area contributed by atoms with E-state index in [9.17, 15) is 5.11 Å². The monoisotopic (exact) mass is 234 g/mol. The number of rotatable bonds is 2. The van der Waals surface area contributed by atoms with Crippen molar-refractivity contribution in [3.05, 3.63) is 23.9 Å². The SMILES string of the molecule is CN(C)c1ccc(C2CCCCCC2O)cn1. The Morgan fingerprint density at radius 1 is 1.18 bits per heavy atom. The van der Waals surface area contributed by atoms with Crippen LogP contribution in [0.15, 0.2) is 18.3 Å². The fourth-order valence-corrected chi connectivity index (χ4v) is 2.56. The predicted molar refractivity (Wildman–Crippen MR) is 70.4 cm³/mol. The van der Waals surface area contributed by atoms with Crippen LogP contribution in [-0.4, -0.2) is 30.3 Å². The molecule has 2 atom stereocenters. The number of hydrogen-bond donors (Lipinski definition) is 1. The van der Waals surface area contributed by atoms with E-state index in [0.29, 0.717) is 0 Å². The quantitative estimate of drug-likeness (QED) is 0.799. The highest BCUT2D eigenvalue weighted by atomic mass is 16.3. The summed E-state index contributed by atoms with van der Waals surface area (Å²) in [4.78, 5) is 6.43. The van der Waals surface area contributed by atoms with Crippen molar-refractivity contribution in [3.8, 4) is 0 Å². The third kappa shape index (κ3) is 2.97. The first-order valence-electron chi connectivity index (χ1n) is 6.50. The standard InChI is InChI=1S/C14H22N2O/c1-16(2)14-9-8-11(10-15-14)12-6-4-3-5-7-13(12)17/h8-10,12-13,17H,3-7H2,1-2H3. The minimum atomic E-state index is -0.190. The van der Waals surface area contributed by atoms with Gasteiger partial charge in [-0.1, -0.05) is 25.3 Å². The Labute approximate surface area is 103 Å². The van der Waals surface area contributed by atoms with E-state index >= 15 is 0 Å². The van der Waals surface area contributed by atoms with Crippen molar-refractivity contribution < 1.29 is 5.11 Å². The van der Waals surface area contributed by atoms with E-state index in [0.717, 1.165) is 25.1 Å². The summed E-state index contributed by atoms with van der Waals surface area (Å²) >= 11 is 0. The third-order valence-corrected chi connectivity index (χ3v) is 3.64. The number of pyridine rings is 1. The molecule has 1 saturated carbocycles. The Kier molecular flexibility index (Phi) is 4.00. The summed E-state index contributed by atoms with van der Waals surface area (Å²) in [6.07, 6.45) is 7.37. The highest BCUT2D eigenvalue weighted by molar-refractivity contribution is 5.38. The molecular formula is C14H22N2O. The maximum atomic E-state index is 10.1. The van der Waals surface area contributed by atoms with Crippen LogP contribution in [0.3, 0.4) is 0 Å². The molecule has 3 nitrogen and oxygen atoms in total. The Morgan fingerprint density at radius 3 is 2.59 bits per heavy atom. The van der Waals surface area contributed by atoms with Crippen molar-refractivity contribution in [2.24, 2.45) is 0 Å². The lowest BCUT2D eigenvalue weighted by Gasteiger charge is -2.21. The molecule has 94 valence electrons. The van der Waals surface area contributed by atoms with Crippen LogP contribution >= 0.6 is 0 Å². The molecule has 1 fully saturated rings. The molecule has 2 rings (SSSR count). The first-order chi connectivity index (χ1) is 8.18. The lowest BCUT2D eigenvalue weighted by Crippen LogP contribution is -2.17. The molecular weight excluding hydrogens is 212 g/mol.